The molecule has 2 rings (SSSR count). The second-order valence-corrected chi connectivity index (χ2v) is 4.50. The number of hydrogen-bond acceptors (Lipinski definition) is 4. The molecule has 4 nitrogen and oxygen atoms in total. The number of anilines is 1. The van der Waals surface area contributed by atoms with Gasteiger partial charge in [0.25, 0.3) is 0 Å². The molecule has 1 unspecified atom stereocenters. The zero-order chi connectivity index (χ0) is 12.3. The summed E-state index contributed by atoms with van der Waals surface area (Å²) in [5, 5.41) is 0. The maximum absolute atomic E-state index is 5.75. The lowest BCUT2D eigenvalue weighted by Crippen LogP contribution is -2.06. The molecule has 0 aliphatic carbocycles. The van der Waals surface area contributed by atoms with Crippen LogP contribution in [0.25, 0.3) is 0 Å². The lowest BCUT2D eigenvalue weighted by Gasteiger charge is -2.15. The maximum Gasteiger partial charge on any atom is 0.166 e. The van der Waals surface area contributed by atoms with Gasteiger partial charge in [0.15, 0.2) is 11.6 Å². The van der Waals surface area contributed by atoms with Crippen molar-refractivity contribution in [2.24, 2.45) is 0 Å². The highest BCUT2D eigenvalue weighted by Crippen LogP contribution is 2.27. The van der Waals surface area contributed by atoms with E-state index >= 15 is 0 Å². The van der Waals surface area contributed by atoms with Crippen molar-refractivity contribution in [3.05, 3.63) is 46.8 Å². The van der Waals surface area contributed by atoms with Crippen LogP contribution in [0.2, 0.25) is 0 Å². The van der Waals surface area contributed by atoms with Crippen LogP contribution in [0, 0.1) is 0 Å². The van der Waals surface area contributed by atoms with Crippen LogP contribution in [0.3, 0.4) is 0 Å². The van der Waals surface area contributed by atoms with Crippen molar-refractivity contribution < 1.29 is 4.74 Å². The highest BCUT2D eigenvalue weighted by Gasteiger charge is 2.10. The Morgan fingerprint density at radius 3 is 2.94 bits per heavy atom. The molecule has 88 valence electrons. The van der Waals surface area contributed by atoms with Gasteiger partial charge in [-0.1, -0.05) is 6.07 Å². The van der Waals surface area contributed by atoms with Gasteiger partial charge >= 0.3 is 0 Å². The lowest BCUT2D eigenvalue weighted by molar-refractivity contribution is 0.227. The molecule has 2 aromatic heterocycles. The predicted molar refractivity (Wildman–Crippen MR) is 69.6 cm³/mol. The molecule has 0 aliphatic rings. The zero-order valence-electron chi connectivity index (χ0n) is 9.30. The Morgan fingerprint density at radius 2 is 2.24 bits per heavy atom. The van der Waals surface area contributed by atoms with Gasteiger partial charge in [0.05, 0.1) is 0 Å². The van der Waals surface area contributed by atoms with Gasteiger partial charge in [0, 0.05) is 28.6 Å². The Kier molecular flexibility index (Phi) is 3.58. The molecule has 0 bridgehead atoms. The lowest BCUT2D eigenvalue weighted by atomic mass is 10.2. The number of pyridine rings is 2. The number of halogens is 1. The van der Waals surface area contributed by atoms with E-state index in [2.05, 4.69) is 25.9 Å². The van der Waals surface area contributed by atoms with E-state index in [1.54, 1.807) is 24.7 Å². The summed E-state index contributed by atoms with van der Waals surface area (Å²) in [6.45, 7) is 1.94. The maximum atomic E-state index is 5.75. The van der Waals surface area contributed by atoms with Crippen LogP contribution in [0.1, 0.15) is 18.6 Å². The highest BCUT2D eigenvalue weighted by atomic mass is 79.9. The number of nitrogens with zero attached hydrogens (tertiary/aromatic N) is 2. The van der Waals surface area contributed by atoms with E-state index in [0.717, 1.165) is 10.0 Å². The molecule has 17 heavy (non-hydrogen) atoms. The van der Waals surface area contributed by atoms with Crippen molar-refractivity contribution in [1.82, 2.24) is 9.97 Å². The Hall–Kier alpha value is -1.62. The molecule has 2 aromatic rings. The van der Waals surface area contributed by atoms with Crippen LogP contribution in [0.4, 0.5) is 5.82 Å². The molecular formula is C12H12BrN3O. The third kappa shape index (κ3) is 2.94. The van der Waals surface area contributed by atoms with Crippen molar-refractivity contribution >= 4 is 21.7 Å². The average Bonchev–Trinajstić information content (AvgIpc) is 2.35. The van der Waals surface area contributed by atoms with E-state index in [1.807, 2.05) is 19.1 Å². The highest BCUT2D eigenvalue weighted by molar-refractivity contribution is 9.10. The average molecular weight is 294 g/mol. The Morgan fingerprint density at radius 1 is 1.41 bits per heavy atom. The van der Waals surface area contributed by atoms with E-state index < -0.39 is 0 Å². The summed E-state index contributed by atoms with van der Waals surface area (Å²) in [5.41, 5.74) is 6.74. The summed E-state index contributed by atoms with van der Waals surface area (Å²) in [5.74, 6) is 0.944. The Balaban J connectivity index is 2.18. The summed E-state index contributed by atoms with van der Waals surface area (Å²) in [7, 11) is 0. The van der Waals surface area contributed by atoms with Crippen molar-refractivity contribution in [3.8, 4) is 5.75 Å². The number of nitrogens with two attached hydrogens (primary N) is 1. The van der Waals surface area contributed by atoms with Gasteiger partial charge in [-0.25, -0.2) is 4.98 Å². The fourth-order valence-corrected chi connectivity index (χ4v) is 1.71. The first kappa shape index (κ1) is 11.9. The molecule has 2 heterocycles. The number of hydrogen-bond donors (Lipinski definition) is 1. The molecule has 0 saturated carbocycles. The molecule has 0 aromatic carbocycles. The normalized spacial score (nSPS) is 12.1. The minimum Gasteiger partial charge on any atom is -0.482 e. The van der Waals surface area contributed by atoms with E-state index in [1.165, 1.54) is 0 Å². The van der Waals surface area contributed by atoms with Crippen LogP contribution in [0.5, 0.6) is 5.75 Å². The van der Waals surface area contributed by atoms with Crippen molar-refractivity contribution in [2.45, 2.75) is 13.0 Å². The van der Waals surface area contributed by atoms with E-state index in [4.69, 9.17) is 10.5 Å². The molecule has 0 amide bonds. The van der Waals surface area contributed by atoms with E-state index in [0.29, 0.717) is 11.6 Å². The summed E-state index contributed by atoms with van der Waals surface area (Å²) in [4.78, 5) is 8.07. The number of ether oxygens (including phenoxy) is 1. The minimum absolute atomic E-state index is 0.123. The molecule has 0 radical (unpaired) electrons. The molecule has 0 aliphatic heterocycles. The predicted octanol–water partition coefficient (Wildman–Crippen LogP) is 2.96. The standard InChI is InChI=1S/C12H12BrN3O/c1-8(9-3-2-4-15-6-9)17-11-5-10(13)7-16-12(11)14/h2-8H,1H3,(H2,14,16). The molecule has 0 saturated heterocycles. The third-order valence-corrected chi connectivity index (χ3v) is 2.74. The Labute approximate surface area is 108 Å². The first-order valence-corrected chi connectivity index (χ1v) is 5.93. The molecule has 2 N–H and O–H groups in total. The summed E-state index contributed by atoms with van der Waals surface area (Å²) >= 11 is 3.33. The van der Waals surface area contributed by atoms with Crippen LogP contribution < -0.4 is 10.5 Å². The van der Waals surface area contributed by atoms with Crippen LogP contribution in [-0.2, 0) is 0 Å². The van der Waals surface area contributed by atoms with Crippen LogP contribution in [-0.4, -0.2) is 9.97 Å². The van der Waals surface area contributed by atoms with Crippen LogP contribution in [0.15, 0.2) is 41.3 Å². The summed E-state index contributed by atoms with van der Waals surface area (Å²) < 4.78 is 6.59. The first-order valence-electron chi connectivity index (χ1n) is 5.14. The molecular weight excluding hydrogens is 282 g/mol. The molecule has 5 heteroatoms. The van der Waals surface area contributed by atoms with Gasteiger partial charge < -0.3 is 10.5 Å². The number of rotatable bonds is 3. The van der Waals surface area contributed by atoms with Gasteiger partial charge in [0.2, 0.25) is 0 Å². The molecule has 0 fully saturated rings. The summed E-state index contributed by atoms with van der Waals surface area (Å²) in [6.07, 6.45) is 5.01. The summed E-state index contributed by atoms with van der Waals surface area (Å²) in [6, 6.07) is 5.63. The van der Waals surface area contributed by atoms with Gasteiger partial charge in [-0.3, -0.25) is 4.98 Å². The van der Waals surface area contributed by atoms with Crippen molar-refractivity contribution in [2.75, 3.05) is 5.73 Å². The third-order valence-electron chi connectivity index (χ3n) is 2.31. The zero-order valence-corrected chi connectivity index (χ0v) is 10.9. The smallest absolute Gasteiger partial charge is 0.166 e. The van der Waals surface area contributed by atoms with E-state index in [9.17, 15) is 0 Å². The fourth-order valence-electron chi connectivity index (χ4n) is 1.40. The van der Waals surface area contributed by atoms with Crippen molar-refractivity contribution in [3.63, 3.8) is 0 Å². The fraction of sp³-hybridized carbons (Fsp3) is 0.167. The second kappa shape index (κ2) is 5.14. The Bertz CT molecular complexity index is 504. The van der Waals surface area contributed by atoms with Crippen LogP contribution >= 0.6 is 15.9 Å². The topological polar surface area (TPSA) is 61.0 Å². The quantitative estimate of drug-likeness (QED) is 0.945. The van der Waals surface area contributed by atoms with Gasteiger partial charge in [0.1, 0.15) is 6.10 Å². The monoisotopic (exact) mass is 293 g/mol. The van der Waals surface area contributed by atoms with E-state index in [-0.39, 0.29) is 6.10 Å². The molecule has 0 spiro atoms. The largest absolute Gasteiger partial charge is 0.482 e. The minimum atomic E-state index is -0.123. The van der Waals surface area contributed by atoms with Crippen molar-refractivity contribution in [1.29, 1.82) is 0 Å². The number of aromatic nitrogens is 2. The number of nitrogen functional groups attached to an aromatic ring is 1. The second-order valence-electron chi connectivity index (χ2n) is 3.58. The van der Waals surface area contributed by atoms with Gasteiger partial charge in [-0.05, 0) is 35.0 Å². The SMILES string of the molecule is CC(Oc1cc(Br)cnc1N)c1cccnc1. The van der Waals surface area contributed by atoms with Gasteiger partial charge in [-0.15, -0.1) is 0 Å². The van der Waals surface area contributed by atoms with Gasteiger partial charge in [-0.2, -0.15) is 0 Å². The molecule has 1 atom stereocenters. The first-order chi connectivity index (χ1) is 8.16.